The summed E-state index contributed by atoms with van der Waals surface area (Å²) in [5.74, 6) is 0. The summed E-state index contributed by atoms with van der Waals surface area (Å²) in [6.45, 7) is 11.3. The van der Waals surface area contributed by atoms with Crippen LogP contribution in [0.3, 0.4) is 0 Å². The van der Waals surface area contributed by atoms with Gasteiger partial charge in [0.1, 0.15) is 0 Å². The Hall–Kier alpha value is -0.0800. The minimum atomic E-state index is -0.0180. The van der Waals surface area contributed by atoms with Gasteiger partial charge in [0.15, 0.2) is 0 Å². The summed E-state index contributed by atoms with van der Waals surface area (Å²) in [6, 6.07) is 0.379. The molecule has 0 saturated carbocycles. The summed E-state index contributed by atoms with van der Waals surface area (Å²) >= 11 is 0. The molecule has 0 unspecified atom stereocenters. The topological polar surface area (TPSA) is 23.1 Å². The van der Waals surface area contributed by atoms with Crippen molar-refractivity contribution < 1.29 is 4.65 Å². The van der Waals surface area contributed by atoms with Gasteiger partial charge in [0, 0.05) is 0 Å². The Bertz CT molecular complexity index is 182. The lowest BCUT2D eigenvalue weighted by molar-refractivity contribution is -0.922. The van der Waals surface area contributed by atoms with Crippen molar-refractivity contribution in [1.82, 2.24) is 0 Å². The summed E-state index contributed by atoms with van der Waals surface area (Å²) in [5, 5.41) is 12.6. The highest BCUT2D eigenvalue weighted by Crippen LogP contribution is 2.19. The molecule has 0 radical (unpaired) electrons. The summed E-state index contributed by atoms with van der Waals surface area (Å²) < 4.78 is -0.0180. The van der Waals surface area contributed by atoms with Gasteiger partial charge in [-0.15, -0.1) is 0 Å². The van der Waals surface area contributed by atoms with Crippen LogP contribution in [0.1, 0.15) is 86.0 Å². The Morgan fingerprint density at radius 3 is 1.50 bits per heavy atom. The van der Waals surface area contributed by atoms with E-state index in [9.17, 15) is 5.21 Å². The molecular formula is C16H35NO. The molecule has 0 rings (SSSR count). The smallest absolute Gasteiger partial charge is 0.0832 e. The largest absolute Gasteiger partial charge is 0.632 e. The van der Waals surface area contributed by atoms with Crippen molar-refractivity contribution in [1.29, 1.82) is 0 Å². The molecule has 2 nitrogen and oxygen atoms in total. The van der Waals surface area contributed by atoms with Crippen molar-refractivity contribution in [3.8, 4) is 0 Å². The van der Waals surface area contributed by atoms with Crippen LogP contribution in [0.25, 0.3) is 0 Å². The predicted molar refractivity (Wildman–Crippen MR) is 81.4 cm³/mol. The average molecular weight is 257 g/mol. The van der Waals surface area contributed by atoms with E-state index in [1.807, 2.05) is 0 Å². The van der Waals surface area contributed by atoms with E-state index in [1.165, 1.54) is 44.9 Å². The zero-order valence-electron chi connectivity index (χ0n) is 13.4. The quantitative estimate of drug-likeness (QED) is 0.281. The molecular weight excluding hydrogens is 222 g/mol. The molecule has 0 fully saturated rings. The van der Waals surface area contributed by atoms with Crippen molar-refractivity contribution in [3.05, 3.63) is 5.21 Å². The second-order valence-corrected chi connectivity index (χ2v) is 6.24. The number of nitrogens with zero attached hydrogens (tertiary/aromatic N) is 1. The molecule has 0 amide bonds. The van der Waals surface area contributed by atoms with Crippen LogP contribution in [-0.2, 0) is 0 Å². The minimum Gasteiger partial charge on any atom is -0.632 e. The Kier molecular flexibility index (Phi) is 9.76. The molecule has 0 bridgehead atoms. The Morgan fingerprint density at radius 2 is 1.11 bits per heavy atom. The van der Waals surface area contributed by atoms with Gasteiger partial charge in [-0.1, -0.05) is 45.4 Å². The monoisotopic (exact) mass is 257 g/mol. The van der Waals surface area contributed by atoms with Gasteiger partial charge in [-0.05, 0) is 40.5 Å². The fraction of sp³-hybridized carbons (Fsp3) is 1.00. The summed E-state index contributed by atoms with van der Waals surface area (Å²) in [4.78, 5) is 0. The number of hydroxylamine groups is 3. The molecule has 0 heterocycles. The van der Waals surface area contributed by atoms with Gasteiger partial charge < -0.3 is 9.85 Å². The van der Waals surface area contributed by atoms with Gasteiger partial charge in [-0.2, -0.15) is 0 Å². The van der Waals surface area contributed by atoms with E-state index in [0.29, 0.717) is 0 Å². The lowest BCUT2D eigenvalue weighted by atomic mass is 10.1. The van der Waals surface area contributed by atoms with Crippen LogP contribution in [-0.4, -0.2) is 23.3 Å². The van der Waals surface area contributed by atoms with Crippen molar-refractivity contribution in [2.45, 2.75) is 98.1 Å². The average Bonchev–Trinajstić information content (AvgIpc) is 2.31. The number of hydrogen-bond donors (Lipinski definition) is 0. The van der Waals surface area contributed by atoms with Gasteiger partial charge >= 0.3 is 0 Å². The molecule has 2 heteroatoms. The van der Waals surface area contributed by atoms with Crippen molar-refractivity contribution in [2.75, 3.05) is 6.54 Å². The highest BCUT2D eigenvalue weighted by Gasteiger charge is 2.24. The molecule has 0 aromatic rings. The molecule has 0 aromatic carbocycles. The summed E-state index contributed by atoms with van der Waals surface area (Å²) in [6.07, 6.45) is 10.4. The third-order valence-electron chi connectivity index (χ3n) is 4.11. The van der Waals surface area contributed by atoms with Crippen molar-refractivity contribution >= 4 is 0 Å². The standard InChI is InChI=1S/C16H35NO/c1-6-7-8-9-10-11-12-13-14-17(18,15(2)3)16(4)5/h15-16H,6-14H2,1-5H3. The molecule has 0 spiro atoms. The second kappa shape index (κ2) is 9.80. The third kappa shape index (κ3) is 6.75. The van der Waals surface area contributed by atoms with E-state index in [-0.39, 0.29) is 16.7 Å². The lowest BCUT2D eigenvalue weighted by Crippen LogP contribution is -2.53. The van der Waals surface area contributed by atoms with Crippen LogP contribution in [0, 0.1) is 5.21 Å². The first-order valence-electron chi connectivity index (χ1n) is 8.03. The maximum absolute atomic E-state index is 12.6. The molecule has 0 aromatic heterocycles. The van der Waals surface area contributed by atoms with E-state index in [2.05, 4.69) is 34.6 Å². The SMILES string of the molecule is CCCCCCCCCC[N+]([O-])(C(C)C)C(C)C. The lowest BCUT2D eigenvalue weighted by Gasteiger charge is -2.50. The second-order valence-electron chi connectivity index (χ2n) is 6.24. The molecule has 0 aliphatic carbocycles. The number of quaternary nitrogens is 1. The molecule has 0 saturated heterocycles. The van der Waals surface area contributed by atoms with Gasteiger partial charge in [0.05, 0.1) is 18.6 Å². The van der Waals surface area contributed by atoms with Gasteiger partial charge in [-0.25, -0.2) is 0 Å². The van der Waals surface area contributed by atoms with E-state index < -0.39 is 0 Å². The molecule has 0 aliphatic heterocycles. The molecule has 0 aliphatic rings. The van der Waals surface area contributed by atoms with Crippen LogP contribution < -0.4 is 0 Å². The van der Waals surface area contributed by atoms with E-state index in [0.717, 1.165) is 13.0 Å². The highest BCUT2D eigenvalue weighted by molar-refractivity contribution is 4.55. The first kappa shape index (κ1) is 17.9. The molecule has 0 atom stereocenters. The first-order chi connectivity index (χ1) is 8.45. The van der Waals surface area contributed by atoms with Gasteiger partial charge in [0.2, 0.25) is 0 Å². The number of unbranched alkanes of at least 4 members (excludes halogenated alkanes) is 7. The Labute approximate surface area is 115 Å². The van der Waals surface area contributed by atoms with E-state index >= 15 is 0 Å². The maximum Gasteiger partial charge on any atom is 0.0832 e. The summed E-state index contributed by atoms with van der Waals surface area (Å²) in [5.41, 5.74) is 0. The zero-order valence-corrected chi connectivity index (χ0v) is 13.4. The predicted octanol–water partition coefficient (Wildman–Crippen LogP) is 5.26. The van der Waals surface area contributed by atoms with Crippen LogP contribution in [0.15, 0.2) is 0 Å². The van der Waals surface area contributed by atoms with Crippen LogP contribution in [0.2, 0.25) is 0 Å². The Balaban J connectivity index is 3.63. The molecule has 110 valence electrons. The van der Waals surface area contributed by atoms with Crippen LogP contribution >= 0.6 is 0 Å². The first-order valence-corrected chi connectivity index (χ1v) is 8.03. The van der Waals surface area contributed by atoms with Crippen molar-refractivity contribution in [3.63, 3.8) is 0 Å². The normalized spacial score (nSPS) is 12.7. The molecule has 18 heavy (non-hydrogen) atoms. The van der Waals surface area contributed by atoms with E-state index in [1.54, 1.807) is 0 Å². The fourth-order valence-corrected chi connectivity index (χ4v) is 2.61. The van der Waals surface area contributed by atoms with E-state index in [4.69, 9.17) is 0 Å². The van der Waals surface area contributed by atoms with Gasteiger partial charge in [0.25, 0.3) is 0 Å². The zero-order chi connectivity index (χ0) is 14.0. The Morgan fingerprint density at radius 1 is 0.722 bits per heavy atom. The van der Waals surface area contributed by atoms with Crippen molar-refractivity contribution in [2.24, 2.45) is 0 Å². The summed E-state index contributed by atoms with van der Waals surface area (Å²) in [7, 11) is 0. The highest BCUT2D eigenvalue weighted by atomic mass is 16.5. The maximum atomic E-state index is 12.6. The fourth-order valence-electron chi connectivity index (χ4n) is 2.61. The van der Waals surface area contributed by atoms with Crippen LogP contribution in [0.5, 0.6) is 0 Å². The number of hydrogen-bond acceptors (Lipinski definition) is 1. The van der Waals surface area contributed by atoms with Crippen LogP contribution in [0.4, 0.5) is 0 Å². The van der Waals surface area contributed by atoms with Gasteiger partial charge in [-0.3, -0.25) is 0 Å². The number of rotatable bonds is 11. The third-order valence-corrected chi connectivity index (χ3v) is 4.11. The molecule has 0 N–H and O–H groups in total. The minimum absolute atomic E-state index is 0.0180.